The first-order valence-electron chi connectivity index (χ1n) is 7.91. The molecule has 3 aliphatic heterocycles. The van der Waals surface area contributed by atoms with Gasteiger partial charge in [0.2, 0.25) is 5.91 Å². The lowest BCUT2D eigenvalue weighted by atomic mass is 10.0. The summed E-state index contributed by atoms with van der Waals surface area (Å²) in [5.41, 5.74) is 5.60. The standard InChI is InChI=1S/C14H21N7O/c1-10(22)19-8-6-12(7-9-19)20(11-2-3-11)14-5-4-13-15-17-18-21(13)16-14/h4-5,11-12,17-18H,2-3,6-9H2,1H3. The fourth-order valence-electron chi connectivity index (χ4n) is 3.32. The monoisotopic (exact) mass is 303 g/mol. The molecule has 4 aliphatic rings. The van der Waals surface area contributed by atoms with Crippen LogP contribution in [0.1, 0.15) is 32.6 Å². The van der Waals surface area contributed by atoms with E-state index in [2.05, 4.69) is 26.2 Å². The molecule has 0 radical (unpaired) electrons. The summed E-state index contributed by atoms with van der Waals surface area (Å²) < 4.78 is 0. The fourth-order valence-corrected chi connectivity index (χ4v) is 3.32. The molecular weight excluding hydrogens is 282 g/mol. The van der Waals surface area contributed by atoms with Crippen LogP contribution in [0.4, 0.5) is 0 Å². The number of nitrogens with one attached hydrogen (secondary N) is 2. The van der Waals surface area contributed by atoms with Crippen LogP contribution in [-0.4, -0.2) is 57.7 Å². The summed E-state index contributed by atoms with van der Waals surface area (Å²) in [6.07, 6.45) is 8.49. The van der Waals surface area contributed by atoms with Crippen molar-refractivity contribution in [3.63, 3.8) is 0 Å². The van der Waals surface area contributed by atoms with E-state index in [1.165, 1.54) is 12.8 Å². The molecule has 22 heavy (non-hydrogen) atoms. The van der Waals surface area contributed by atoms with Gasteiger partial charge in [-0.25, -0.2) is 5.53 Å². The quantitative estimate of drug-likeness (QED) is 0.750. The maximum absolute atomic E-state index is 11.5. The van der Waals surface area contributed by atoms with Gasteiger partial charge in [-0.1, -0.05) is 0 Å². The van der Waals surface area contributed by atoms with Crippen LogP contribution in [0.3, 0.4) is 0 Å². The Hall–Kier alpha value is -2.09. The maximum Gasteiger partial charge on any atom is 0.219 e. The van der Waals surface area contributed by atoms with Crippen molar-refractivity contribution in [2.24, 2.45) is 10.2 Å². The smallest absolute Gasteiger partial charge is 0.219 e. The van der Waals surface area contributed by atoms with Crippen LogP contribution in [0.25, 0.3) is 0 Å². The van der Waals surface area contributed by atoms with Crippen molar-refractivity contribution < 1.29 is 4.79 Å². The summed E-state index contributed by atoms with van der Waals surface area (Å²) in [4.78, 5) is 15.9. The van der Waals surface area contributed by atoms with Gasteiger partial charge in [0.05, 0.1) is 0 Å². The van der Waals surface area contributed by atoms with E-state index in [4.69, 9.17) is 0 Å². The molecule has 0 atom stereocenters. The molecule has 0 bridgehead atoms. The van der Waals surface area contributed by atoms with E-state index in [9.17, 15) is 4.79 Å². The van der Waals surface area contributed by atoms with Crippen molar-refractivity contribution in [1.82, 2.24) is 26.0 Å². The third kappa shape index (κ3) is 2.43. The SMILES string of the molecule is CC(=O)N1CCC(N(C2=NN3NNN=C3C=C2)C2CC2)CC1. The van der Waals surface area contributed by atoms with E-state index >= 15 is 0 Å². The number of hydrazone groups is 2. The van der Waals surface area contributed by atoms with E-state index in [0.29, 0.717) is 12.1 Å². The lowest BCUT2D eigenvalue weighted by molar-refractivity contribution is -0.130. The van der Waals surface area contributed by atoms with Gasteiger partial charge in [-0.05, 0) is 37.8 Å². The molecule has 1 saturated carbocycles. The minimum Gasteiger partial charge on any atom is -0.349 e. The maximum atomic E-state index is 11.5. The van der Waals surface area contributed by atoms with Gasteiger partial charge in [0.15, 0.2) is 11.7 Å². The molecule has 1 aliphatic carbocycles. The van der Waals surface area contributed by atoms with Crippen LogP contribution in [0.2, 0.25) is 0 Å². The number of hydrogen-bond acceptors (Lipinski definition) is 7. The highest BCUT2D eigenvalue weighted by Gasteiger charge is 2.38. The van der Waals surface area contributed by atoms with Crippen LogP contribution in [0.5, 0.6) is 0 Å². The Morgan fingerprint density at radius 2 is 1.95 bits per heavy atom. The largest absolute Gasteiger partial charge is 0.349 e. The number of carbonyl (C=O) groups is 1. The van der Waals surface area contributed by atoms with Gasteiger partial charge in [-0.2, -0.15) is 5.12 Å². The van der Waals surface area contributed by atoms with Gasteiger partial charge in [0.1, 0.15) is 0 Å². The lowest BCUT2D eigenvalue weighted by Crippen LogP contribution is -2.50. The average molecular weight is 303 g/mol. The zero-order chi connectivity index (χ0) is 15.1. The predicted molar refractivity (Wildman–Crippen MR) is 82.3 cm³/mol. The number of nitrogens with zero attached hydrogens (tertiary/aromatic N) is 5. The van der Waals surface area contributed by atoms with Gasteiger partial charge >= 0.3 is 0 Å². The number of hydrazine groups is 2. The molecule has 0 aromatic heterocycles. The molecular formula is C14H21N7O. The first-order chi connectivity index (χ1) is 10.7. The number of carbonyl (C=O) groups excluding carboxylic acids is 1. The van der Waals surface area contributed by atoms with Crippen molar-refractivity contribution in [1.29, 1.82) is 0 Å². The number of fused-ring (bicyclic) bond motifs is 1. The second kappa shape index (κ2) is 5.28. The first-order valence-corrected chi connectivity index (χ1v) is 7.91. The van der Waals surface area contributed by atoms with Crippen LogP contribution in [0, 0.1) is 0 Å². The predicted octanol–water partition coefficient (Wildman–Crippen LogP) is -0.0167. The Morgan fingerprint density at radius 3 is 2.64 bits per heavy atom. The minimum atomic E-state index is 0.180. The highest BCUT2D eigenvalue weighted by atomic mass is 16.2. The van der Waals surface area contributed by atoms with Crippen molar-refractivity contribution in [2.45, 2.75) is 44.7 Å². The summed E-state index contributed by atoms with van der Waals surface area (Å²) in [6, 6.07) is 1.05. The molecule has 1 saturated heterocycles. The van der Waals surface area contributed by atoms with Gasteiger partial charge < -0.3 is 9.80 Å². The second-order valence-electron chi connectivity index (χ2n) is 6.17. The molecule has 3 heterocycles. The van der Waals surface area contributed by atoms with Crippen molar-refractivity contribution in [3.05, 3.63) is 12.2 Å². The molecule has 0 unspecified atom stereocenters. The zero-order valence-electron chi connectivity index (χ0n) is 12.7. The minimum absolute atomic E-state index is 0.180. The van der Waals surface area contributed by atoms with E-state index in [1.807, 2.05) is 17.1 Å². The molecule has 0 aromatic carbocycles. The lowest BCUT2D eigenvalue weighted by Gasteiger charge is -2.40. The molecule has 2 N–H and O–H groups in total. The second-order valence-corrected chi connectivity index (χ2v) is 6.17. The van der Waals surface area contributed by atoms with Crippen LogP contribution >= 0.6 is 0 Å². The number of rotatable bonds is 2. The Labute approximate surface area is 129 Å². The van der Waals surface area contributed by atoms with Crippen molar-refractivity contribution >= 4 is 17.6 Å². The third-order valence-corrected chi connectivity index (χ3v) is 4.64. The van der Waals surface area contributed by atoms with Crippen LogP contribution in [0.15, 0.2) is 22.4 Å². The molecule has 1 amide bonds. The van der Waals surface area contributed by atoms with E-state index in [0.717, 1.165) is 37.6 Å². The Balaban J connectivity index is 1.49. The molecule has 4 rings (SSSR count). The van der Waals surface area contributed by atoms with Gasteiger partial charge in [0.25, 0.3) is 0 Å². The Bertz CT molecular complexity index is 558. The zero-order valence-corrected chi connectivity index (χ0v) is 12.7. The van der Waals surface area contributed by atoms with Crippen LogP contribution in [-0.2, 0) is 4.79 Å². The number of likely N-dealkylation sites (tertiary alicyclic amines) is 1. The fraction of sp³-hybridized carbons (Fsp3) is 0.643. The normalized spacial score (nSPS) is 24.6. The number of amidine groups is 2. The van der Waals surface area contributed by atoms with Crippen LogP contribution < -0.4 is 11.1 Å². The molecule has 8 heteroatoms. The van der Waals surface area contributed by atoms with Crippen molar-refractivity contribution in [2.75, 3.05) is 13.1 Å². The molecule has 0 spiro atoms. The summed E-state index contributed by atoms with van der Waals surface area (Å²) in [6.45, 7) is 3.34. The van der Waals surface area contributed by atoms with E-state index in [-0.39, 0.29) is 5.91 Å². The first kappa shape index (κ1) is 13.6. The van der Waals surface area contributed by atoms with Gasteiger partial charge in [-0.15, -0.1) is 15.7 Å². The summed E-state index contributed by atoms with van der Waals surface area (Å²) in [7, 11) is 0. The molecule has 8 nitrogen and oxygen atoms in total. The van der Waals surface area contributed by atoms with E-state index in [1.54, 1.807) is 12.0 Å². The number of hydrogen-bond donors (Lipinski definition) is 2. The number of piperidine rings is 1. The Kier molecular flexibility index (Phi) is 3.25. The Morgan fingerprint density at radius 1 is 1.23 bits per heavy atom. The van der Waals surface area contributed by atoms with Crippen molar-refractivity contribution in [3.8, 4) is 0 Å². The third-order valence-electron chi connectivity index (χ3n) is 4.64. The molecule has 118 valence electrons. The highest BCUT2D eigenvalue weighted by molar-refractivity contribution is 6.05. The summed E-state index contributed by atoms with van der Waals surface area (Å²) in [5, 5.41) is 10.4. The van der Waals surface area contributed by atoms with E-state index < -0.39 is 0 Å². The van der Waals surface area contributed by atoms with Gasteiger partial charge in [-0.3, -0.25) is 4.79 Å². The highest BCUT2D eigenvalue weighted by Crippen LogP contribution is 2.33. The average Bonchev–Trinajstić information content (AvgIpc) is 3.24. The topological polar surface area (TPSA) is 75.6 Å². The molecule has 2 fully saturated rings. The number of amides is 1. The summed E-state index contributed by atoms with van der Waals surface area (Å²) >= 11 is 0. The molecule has 0 aromatic rings. The summed E-state index contributed by atoms with van der Waals surface area (Å²) in [5.74, 6) is 1.93. The van der Waals surface area contributed by atoms with Gasteiger partial charge in [0, 0.05) is 32.1 Å².